The molecule has 0 heterocycles. The smallest absolute Gasteiger partial charge is 0.418 e. The third kappa shape index (κ3) is 6.43. The molecule has 0 radical (unpaired) electrons. The molecule has 0 unspecified atom stereocenters. The summed E-state index contributed by atoms with van der Waals surface area (Å²) in [6, 6.07) is 5.49. The molecule has 1 N–H and O–H groups in total. The summed E-state index contributed by atoms with van der Waals surface area (Å²) in [5.41, 5.74) is -4.18. The molecule has 1 atom stereocenters. The van der Waals surface area contributed by atoms with Crippen molar-refractivity contribution in [1.82, 2.24) is 0 Å². The van der Waals surface area contributed by atoms with E-state index in [1.165, 1.54) is 6.07 Å². The van der Waals surface area contributed by atoms with E-state index in [9.17, 15) is 46.0 Å². The maximum Gasteiger partial charge on any atom is 0.418 e. The minimum absolute atomic E-state index is 0.0489. The first-order valence-corrected chi connectivity index (χ1v) is 8.70. The molecule has 0 aromatic heterocycles. The molecule has 32 heavy (non-hydrogen) atoms. The summed E-state index contributed by atoms with van der Waals surface area (Å²) >= 11 is 0. The number of carbonyl (C=O) groups is 2. The van der Waals surface area contributed by atoms with Crippen molar-refractivity contribution in [3.63, 3.8) is 0 Å². The summed E-state index contributed by atoms with van der Waals surface area (Å²) in [6.45, 7) is 1.04. The Balaban J connectivity index is 2.09. The van der Waals surface area contributed by atoms with Gasteiger partial charge in [0, 0.05) is 12.1 Å². The minimum Gasteiger partial charge on any atom is -0.452 e. The van der Waals surface area contributed by atoms with Gasteiger partial charge in [0.1, 0.15) is 0 Å². The summed E-state index contributed by atoms with van der Waals surface area (Å²) in [7, 11) is 0. The van der Waals surface area contributed by atoms with Crippen molar-refractivity contribution in [1.29, 1.82) is 0 Å². The van der Waals surface area contributed by atoms with Crippen molar-refractivity contribution in [2.24, 2.45) is 0 Å². The number of hydrogen-bond donors (Lipinski definition) is 1. The molecular formula is C19H14F6N2O5. The number of amides is 1. The first kappa shape index (κ1) is 24.6. The van der Waals surface area contributed by atoms with Crippen LogP contribution in [-0.4, -0.2) is 22.9 Å². The summed E-state index contributed by atoms with van der Waals surface area (Å²) in [4.78, 5) is 33.8. The Hall–Kier alpha value is -3.64. The van der Waals surface area contributed by atoms with E-state index in [1.807, 2.05) is 5.32 Å². The molecule has 2 aromatic carbocycles. The number of nitro groups is 1. The molecule has 0 saturated carbocycles. The molecule has 172 valence electrons. The average molecular weight is 464 g/mol. The highest BCUT2D eigenvalue weighted by Gasteiger charge is 2.36. The largest absolute Gasteiger partial charge is 0.452 e. The lowest BCUT2D eigenvalue weighted by atomic mass is 10.1. The summed E-state index contributed by atoms with van der Waals surface area (Å²) in [5, 5.41) is 12.6. The third-order valence-electron chi connectivity index (χ3n) is 4.06. The van der Waals surface area contributed by atoms with E-state index < -0.39 is 64.2 Å². The highest BCUT2D eigenvalue weighted by Crippen LogP contribution is 2.37. The van der Waals surface area contributed by atoms with E-state index in [4.69, 9.17) is 4.74 Å². The van der Waals surface area contributed by atoms with Crippen molar-refractivity contribution in [3.05, 3.63) is 69.3 Å². The van der Waals surface area contributed by atoms with Crippen LogP contribution in [0.25, 0.3) is 0 Å². The molecule has 0 aliphatic heterocycles. The number of benzene rings is 2. The van der Waals surface area contributed by atoms with Gasteiger partial charge in [-0.1, -0.05) is 18.2 Å². The standard InChI is InChI=1S/C19H14F6N2O5/c1-10(32-16(28)8-11-3-2-4-12(7-11)18(20,21)22)17(29)26-15-6-5-13(27(30)31)9-14(15)19(23,24)25/h2-7,9-10H,8H2,1H3,(H,26,29)/t10-/m0/s1. The number of esters is 1. The molecule has 0 aliphatic carbocycles. The number of carbonyl (C=O) groups excluding carboxylic acids is 2. The summed E-state index contributed by atoms with van der Waals surface area (Å²) < 4.78 is 82.5. The monoisotopic (exact) mass is 464 g/mol. The molecule has 0 aliphatic rings. The second kappa shape index (κ2) is 9.24. The van der Waals surface area contributed by atoms with E-state index in [0.29, 0.717) is 6.07 Å². The fourth-order valence-electron chi connectivity index (χ4n) is 2.54. The van der Waals surface area contributed by atoms with Gasteiger partial charge in [-0.15, -0.1) is 0 Å². The summed E-state index contributed by atoms with van der Waals surface area (Å²) in [5.74, 6) is -2.27. The maximum atomic E-state index is 13.2. The van der Waals surface area contributed by atoms with Crippen molar-refractivity contribution in [2.45, 2.75) is 31.8 Å². The lowest BCUT2D eigenvalue weighted by Crippen LogP contribution is -2.31. The Morgan fingerprint density at radius 3 is 2.28 bits per heavy atom. The molecule has 0 bridgehead atoms. The molecule has 13 heteroatoms. The highest BCUT2D eigenvalue weighted by atomic mass is 19.4. The predicted molar refractivity (Wildman–Crippen MR) is 97.4 cm³/mol. The number of nitrogens with one attached hydrogen (secondary N) is 1. The van der Waals surface area contributed by atoms with Crippen LogP contribution in [0.3, 0.4) is 0 Å². The first-order chi connectivity index (χ1) is 14.7. The molecule has 2 rings (SSSR count). The zero-order chi connectivity index (χ0) is 24.3. The number of alkyl halides is 6. The van der Waals surface area contributed by atoms with Gasteiger partial charge in [-0.2, -0.15) is 26.3 Å². The van der Waals surface area contributed by atoms with Gasteiger partial charge in [0.15, 0.2) is 6.10 Å². The second-order valence-corrected chi connectivity index (χ2v) is 6.48. The molecule has 1 amide bonds. The Bertz CT molecular complexity index is 1040. The number of anilines is 1. The lowest BCUT2D eigenvalue weighted by molar-refractivity contribution is -0.385. The van der Waals surface area contributed by atoms with Crippen molar-refractivity contribution >= 4 is 23.3 Å². The van der Waals surface area contributed by atoms with Crippen molar-refractivity contribution in [2.75, 3.05) is 5.32 Å². The Labute approximate surface area is 176 Å². The van der Waals surface area contributed by atoms with E-state index in [2.05, 4.69) is 0 Å². The number of rotatable bonds is 6. The van der Waals surface area contributed by atoms with Crippen LogP contribution in [0.2, 0.25) is 0 Å². The van der Waals surface area contributed by atoms with Crippen molar-refractivity contribution < 1.29 is 45.6 Å². The van der Waals surface area contributed by atoms with E-state index in [-0.39, 0.29) is 11.6 Å². The third-order valence-corrected chi connectivity index (χ3v) is 4.06. The van der Waals surface area contributed by atoms with Crippen LogP contribution in [0, 0.1) is 10.1 Å². The molecule has 0 saturated heterocycles. The lowest BCUT2D eigenvalue weighted by Gasteiger charge is -2.17. The summed E-state index contributed by atoms with van der Waals surface area (Å²) in [6.07, 6.45) is -11.9. The number of nitro benzene ring substituents is 1. The topological polar surface area (TPSA) is 98.5 Å². The van der Waals surface area contributed by atoms with E-state index >= 15 is 0 Å². The maximum absolute atomic E-state index is 13.2. The SMILES string of the molecule is C[C@H](OC(=O)Cc1cccc(C(F)(F)F)c1)C(=O)Nc1ccc([N+](=O)[O-])cc1C(F)(F)F. The predicted octanol–water partition coefficient (Wildman–Crippen LogP) is 4.75. The van der Waals surface area contributed by atoms with Crippen molar-refractivity contribution in [3.8, 4) is 0 Å². The van der Waals surface area contributed by atoms with Gasteiger partial charge in [0.05, 0.1) is 28.2 Å². The van der Waals surface area contributed by atoms with E-state index in [1.54, 1.807) is 0 Å². The van der Waals surface area contributed by atoms with Crippen LogP contribution < -0.4 is 5.32 Å². The molecule has 7 nitrogen and oxygen atoms in total. The Morgan fingerprint density at radius 1 is 1.06 bits per heavy atom. The number of hydrogen-bond acceptors (Lipinski definition) is 5. The Morgan fingerprint density at radius 2 is 1.72 bits per heavy atom. The highest BCUT2D eigenvalue weighted by molar-refractivity contribution is 5.96. The zero-order valence-corrected chi connectivity index (χ0v) is 16.1. The number of non-ortho nitro benzene ring substituents is 1. The second-order valence-electron chi connectivity index (χ2n) is 6.48. The first-order valence-electron chi connectivity index (χ1n) is 8.70. The number of ether oxygens (including phenoxy) is 1. The molecule has 0 fully saturated rings. The van der Waals surface area contributed by atoms with Crippen LogP contribution in [0.5, 0.6) is 0 Å². The molecule has 0 spiro atoms. The zero-order valence-electron chi connectivity index (χ0n) is 16.1. The fraction of sp³-hybridized carbons (Fsp3) is 0.263. The van der Waals surface area contributed by atoms with Crippen LogP contribution in [0.1, 0.15) is 23.6 Å². The van der Waals surface area contributed by atoms with Crippen LogP contribution in [0.4, 0.5) is 37.7 Å². The van der Waals surface area contributed by atoms with Gasteiger partial charge in [-0.3, -0.25) is 19.7 Å². The minimum atomic E-state index is -5.03. The average Bonchev–Trinajstić information content (AvgIpc) is 2.66. The Kier molecular flexibility index (Phi) is 7.11. The number of nitrogens with zero attached hydrogens (tertiary/aromatic N) is 1. The fourth-order valence-corrected chi connectivity index (χ4v) is 2.54. The normalized spacial score (nSPS) is 12.7. The number of halogens is 6. The van der Waals surface area contributed by atoms with Gasteiger partial charge < -0.3 is 10.1 Å². The van der Waals surface area contributed by atoms with Gasteiger partial charge in [0.2, 0.25) is 0 Å². The quantitative estimate of drug-likeness (QED) is 0.288. The van der Waals surface area contributed by atoms with Crippen LogP contribution in [0.15, 0.2) is 42.5 Å². The van der Waals surface area contributed by atoms with Crippen LogP contribution >= 0.6 is 0 Å². The van der Waals surface area contributed by atoms with Gasteiger partial charge >= 0.3 is 18.3 Å². The van der Waals surface area contributed by atoms with Gasteiger partial charge in [-0.25, -0.2) is 0 Å². The molecule has 2 aromatic rings. The van der Waals surface area contributed by atoms with E-state index in [0.717, 1.165) is 31.2 Å². The van der Waals surface area contributed by atoms with Gasteiger partial charge in [-0.05, 0) is 24.6 Å². The molecular weight excluding hydrogens is 450 g/mol. The van der Waals surface area contributed by atoms with Crippen LogP contribution in [-0.2, 0) is 33.1 Å². The van der Waals surface area contributed by atoms with Gasteiger partial charge in [0.25, 0.3) is 11.6 Å².